The van der Waals surface area contributed by atoms with Gasteiger partial charge < -0.3 is 24.3 Å². The quantitative estimate of drug-likeness (QED) is 0.379. The molecule has 9 heteroatoms. The fourth-order valence-electron chi connectivity index (χ4n) is 6.91. The number of allylic oxidation sites excluding steroid dienone is 1. The number of benzene rings is 2. The lowest BCUT2D eigenvalue weighted by Gasteiger charge is -2.42. The van der Waals surface area contributed by atoms with Gasteiger partial charge in [0.15, 0.2) is 0 Å². The minimum atomic E-state index is -0.205. The average molecular weight is 580 g/mol. The monoisotopic (exact) mass is 579 g/mol. The predicted molar refractivity (Wildman–Crippen MR) is 169 cm³/mol. The molecule has 2 fully saturated rings. The maximum Gasteiger partial charge on any atom is 0.318 e. The maximum absolute atomic E-state index is 12.8. The maximum atomic E-state index is 12.8. The van der Waals surface area contributed by atoms with E-state index in [0.717, 1.165) is 43.0 Å². The van der Waals surface area contributed by atoms with E-state index in [9.17, 15) is 10.1 Å². The number of aryl methyl sites for hydroxylation is 1. The number of nitriles is 1. The Labute approximate surface area is 254 Å². The van der Waals surface area contributed by atoms with Crippen LogP contribution in [0.4, 0.5) is 11.5 Å². The van der Waals surface area contributed by atoms with Crippen molar-refractivity contribution in [1.82, 2.24) is 19.8 Å². The highest BCUT2D eigenvalue weighted by molar-refractivity contribution is 5.97. The summed E-state index contributed by atoms with van der Waals surface area (Å²) in [5.41, 5.74) is 4.62. The lowest BCUT2D eigenvalue weighted by molar-refractivity contribution is -0.128. The van der Waals surface area contributed by atoms with Crippen molar-refractivity contribution in [2.75, 3.05) is 56.2 Å². The van der Waals surface area contributed by atoms with Gasteiger partial charge in [-0.2, -0.15) is 15.2 Å². The highest BCUT2D eigenvalue weighted by Gasteiger charge is 2.34. The van der Waals surface area contributed by atoms with E-state index in [1.54, 1.807) is 12.2 Å². The fourth-order valence-corrected chi connectivity index (χ4v) is 6.91. The zero-order valence-corrected chi connectivity index (χ0v) is 25.5. The number of hydrogen-bond acceptors (Lipinski definition) is 8. The van der Waals surface area contributed by atoms with E-state index in [2.05, 4.69) is 71.1 Å². The molecule has 0 spiro atoms. The van der Waals surface area contributed by atoms with E-state index >= 15 is 0 Å². The second-order valence-electron chi connectivity index (χ2n) is 12.0. The summed E-state index contributed by atoms with van der Waals surface area (Å²) in [4.78, 5) is 31.7. The first-order valence-electron chi connectivity index (χ1n) is 15.5. The Hall–Kier alpha value is -4.16. The van der Waals surface area contributed by atoms with Crippen LogP contribution in [-0.4, -0.2) is 84.1 Å². The molecule has 0 radical (unpaired) electrons. The number of likely N-dealkylation sites (tertiary alicyclic amines) is 1. The van der Waals surface area contributed by atoms with Gasteiger partial charge in [-0.1, -0.05) is 36.4 Å². The number of carbonyl (C=O) groups excluding carboxylic acids is 1. The molecule has 0 bridgehead atoms. The van der Waals surface area contributed by atoms with Gasteiger partial charge in [-0.3, -0.25) is 4.79 Å². The van der Waals surface area contributed by atoms with Crippen LogP contribution in [0.3, 0.4) is 0 Å². The van der Waals surface area contributed by atoms with E-state index in [4.69, 9.17) is 14.7 Å². The molecule has 3 aliphatic rings. The fraction of sp³-hybridized carbons (Fsp3) is 0.471. The number of aromatic nitrogens is 2. The van der Waals surface area contributed by atoms with Crippen LogP contribution in [0.5, 0.6) is 6.01 Å². The molecule has 43 heavy (non-hydrogen) atoms. The van der Waals surface area contributed by atoms with Gasteiger partial charge in [0.25, 0.3) is 0 Å². The normalized spacial score (nSPS) is 20.9. The molecule has 2 unspecified atom stereocenters. The van der Waals surface area contributed by atoms with Gasteiger partial charge in [0.05, 0.1) is 30.8 Å². The molecule has 2 saturated heterocycles. The first kappa shape index (κ1) is 28.9. The summed E-state index contributed by atoms with van der Waals surface area (Å²) in [5.74, 6) is 0.840. The average Bonchev–Trinajstić information content (AvgIpc) is 3.43. The Balaban J connectivity index is 1.33. The van der Waals surface area contributed by atoms with E-state index < -0.39 is 0 Å². The molecule has 3 aliphatic heterocycles. The van der Waals surface area contributed by atoms with Crippen molar-refractivity contribution in [3.63, 3.8) is 0 Å². The Bertz CT molecular complexity index is 1560. The molecule has 9 nitrogen and oxygen atoms in total. The van der Waals surface area contributed by atoms with Crippen molar-refractivity contribution in [1.29, 1.82) is 5.26 Å². The third-order valence-corrected chi connectivity index (χ3v) is 9.23. The van der Waals surface area contributed by atoms with Crippen molar-refractivity contribution < 1.29 is 9.53 Å². The van der Waals surface area contributed by atoms with Gasteiger partial charge in [0.1, 0.15) is 12.4 Å². The third kappa shape index (κ3) is 5.89. The topological polar surface area (TPSA) is 88.8 Å². The number of nitrogens with zero attached hydrogens (tertiary/aromatic N) is 7. The number of amides is 1. The van der Waals surface area contributed by atoms with Crippen LogP contribution in [0.1, 0.15) is 43.0 Å². The molecule has 6 rings (SSSR count). The molecule has 1 amide bonds. The molecule has 1 aromatic heterocycles. The lowest BCUT2D eigenvalue weighted by Crippen LogP contribution is -2.55. The van der Waals surface area contributed by atoms with E-state index in [1.807, 2.05) is 11.8 Å². The van der Waals surface area contributed by atoms with Crippen LogP contribution in [0.25, 0.3) is 10.8 Å². The minimum Gasteiger partial charge on any atom is -0.462 e. The van der Waals surface area contributed by atoms with Crippen LogP contribution in [0.2, 0.25) is 0 Å². The van der Waals surface area contributed by atoms with E-state index in [-0.39, 0.29) is 18.4 Å². The SMILES string of the molecule is C/C=C/C(=O)N1CCN(c2nc(OCC3CCCN3C)nc3c2CCN(c2cccc4cccc(C)c24)C3)CC1CC#N. The Morgan fingerprint density at radius 1 is 1.09 bits per heavy atom. The molecule has 3 aromatic rings. The molecular formula is C34H41N7O2. The molecular weight excluding hydrogens is 538 g/mol. The van der Waals surface area contributed by atoms with Crippen LogP contribution in [0.15, 0.2) is 48.6 Å². The number of carbonyl (C=O) groups is 1. The van der Waals surface area contributed by atoms with E-state index in [1.165, 1.54) is 28.4 Å². The summed E-state index contributed by atoms with van der Waals surface area (Å²) in [5, 5.41) is 12.1. The van der Waals surface area contributed by atoms with Gasteiger partial charge >= 0.3 is 6.01 Å². The second kappa shape index (κ2) is 12.6. The Kier molecular flexibility index (Phi) is 8.48. The number of fused-ring (bicyclic) bond motifs is 2. The second-order valence-corrected chi connectivity index (χ2v) is 12.0. The first-order chi connectivity index (χ1) is 21.0. The number of hydrogen-bond donors (Lipinski definition) is 0. The van der Waals surface area contributed by atoms with Crippen molar-refractivity contribution >= 4 is 28.2 Å². The van der Waals surface area contributed by atoms with Crippen LogP contribution in [0, 0.1) is 18.3 Å². The van der Waals surface area contributed by atoms with Crippen LogP contribution >= 0.6 is 0 Å². The summed E-state index contributed by atoms with van der Waals surface area (Å²) in [6.07, 6.45) is 6.71. The van der Waals surface area contributed by atoms with Crippen molar-refractivity contribution in [3.8, 4) is 12.1 Å². The van der Waals surface area contributed by atoms with E-state index in [0.29, 0.717) is 44.8 Å². The summed E-state index contributed by atoms with van der Waals surface area (Å²) in [6, 6.07) is 15.8. The predicted octanol–water partition coefficient (Wildman–Crippen LogP) is 4.48. The third-order valence-electron chi connectivity index (χ3n) is 9.23. The number of anilines is 2. The van der Waals surface area contributed by atoms with Crippen molar-refractivity contribution in [2.45, 2.75) is 58.2 Å². The molecule has 0 N–H and O–H groups in total. The van der Waals surface area contributed by atoms with Gasteiger partial charge in [0.2, 0.25) is 5.91 Å². The van der Waals surface area contributed by atoms with Gasteiger partial charge in [-0.15, -0.1) is 0 Å². The molecule has 0 saturated carbocycles. The standard InChI is InChI=1S/C34H41N7O2/c1-4-8-31(42)41-20-19-40(21-26(41)14-16-35)33-28-15-18-39(30-13-6-11-25-10-5-9-24(2)32(25)30)22-29(28)36-34(37-33)43-23-27-12-7-17-38(27)3/h4-6,8-11,13,26-27H,7,12,14-15,17-23H2,1-3H3/b8-4+. The Morgan fingerprint density at radius 3 is 2.70 bits per heavy atom. The smallest absolute Gasteiger partial charge is 0.318 e. The van der Waals surface area contributed by atoms with Gasteiger partial charge in [0, 0.05) is 48.9 Å². The zero-order chi connectivity index (χ0) is 29.9. The molecule has 224 valence electrons. The summed E-state index contributed by atoms with van der Waals surface area (Å²) >= 11 is 0. The minimum absolute atomic E-state index is 0.0437. The number of piperazine rings is 1. The van der Waals surface area contributed by atoms with Gasteiger partial charge in [-0.05, 0) is 69.8 Å². The number of likely N-dealkylation sites (N-methyl/N-ethyl adjacent to an activating group) is 1. The highest BCUT2D eigenvalue weighted by Crippen LogP contribution is 2.36. The summed E-state index contributed by atoms with van der Waals surface area (Å²) in [7, 11) is 2.15. The first-order valence-corrected chi connectivity index (χ1v) is 15.5. The highest BCUT2D eigenvalue weighted by atomic mass is 16.5. The molecule has 2 aromatic carbocycles. The summed E-state index contributed by atoms with van der Waals surface area (Å²) < 4.78 is 6.32. The lowest BCUT2D eigenvalue weighted by atomic mass is 9.99. The number of rotatable bonds is 7. The molecule has 2 atom stereocenters. The molecule has 0 aliphatic carbocycles. The van der Waals surface area contributed by atoms with Crippen molar-refractivity contribution in [2.24, 2.45) is 0 Å². The van der Waals surface area contributed by atoms with Crippen LogP contribution in [-0.2, 0) is 17.8 Å². The van der Waals surface area contributed by atoms with Gasteiger partial charge in [-0.25, -0.2) is 0 Å². The van der Waals surface area contributed by atoms with Crippen molar-refractivity contribution in [3.05, 3.63) is 65.4 Å². The Morgan fingerprint density at radius 2 is 1.93 bits per heavy atom. The zero-order valence-electron chi connectivity index (χ0n) is 25.5. The number of ether oxygens (including phenoxy) is 1. The van der Waals surface area contributed by atoms with Crippen LogP contribution < -0.4 is 14.5 Å². The summed E-state index contributed by atoms with van der Waals surface area (Å²) in [6.45, 7) is 8.92. The molecule has 4 heterocycles. The largest absolute Gasteiger partial charge is 0.462 e.